The third-order valence-corrected chi connectivity index (χ3v) is 5.10. The molecule has 0 aliphatic carbocycles. The number of ether oxygens (including phenoxy) is 2. The fourth-order valence-corrected chi connectivity index (χ4v) is 3.58. The van der Waals surface area contributed by atoms with Crippen LogP contribution in [0, 0.1) is 5.82 Å². The molecular formula is C14H21FN2O4S. The maximum absolute atomic E-state index is 14.0. The maximum Gasteiger partial charge on any atom is 0.243 e. The number of methoxy groups -OCH3 is 2. The van der Waals surface area contributed by atoms with Crippen LogP contribution in [0.1, 0.15) is 19.3 Å². The van der Waals surface area contributed by atoms with Gasteiger partial charge in [0.25, 0.3) is 0 Å². The lowest BCUT2D eigenvalue weighted by Crippen LogP contribution is -2.43. The van der Waals surface area contributed by atoms with E-state index in [1.165, 1.54) is 14.2 Å². The molecule has 1 heterocycles. The quantitative estimate of drug-likeness (QED) is 0.820. The van der Waals surface area contributed by atoms with Crippen molar-refractivity contribution >= 4 is 10.0 Å². The summed E-state index contributed by atoms with van der Waals surface area (Å²) < 4.78 is 51.0. The molecule has 1 saturated heterocycles. The van der Waals surface area contributed by atoms with Crippen molar-refractivity contribution in [1.29, 1.82) is 0 Å². The molecule has 6 nitrogen and oxygen atoms in total. The van der Waals surface area contributed by atoms with Crippen molar-refractivity contribution in [2.24, 2.45) is 0 Å². The summed E-state index contributed by atoms with van der Waals surface area (Å²) in [6, 6.07) is 2.21. The molecule has 124 valence electrons. The predicted octanol–water partition coefficient (Wildman–Crippen LogP) is 1.26. The summed E-state index contributed by atoms with van der Waals surface area (Å²) >= 11 is 0. The lowest BCUT2D eigenvalue weighted by molar-refractivity contribution is 0.350. The Morgan fingerprint density at radius 1 is 1.27 bits per heavy atom. The first-order chi connectivity index (χ1) is 10.5. The van der Waals surface area contributed by atoms with Gasteiger partial charge in [-0.3, -0.25) is 0 Å². The molecule has 1 aromatic rings. The number of hydrogen-bond acceptors (Lipinski definition) is 5. The van der Waals surface area contributed by atoms with Crippen molar-refractivity contribution in [1.82, 2.24) is 10.0 Å². The Morgan fingerprint density at radius 2 is 1.95 bits per heavy atom. The lowest BCUT2D eigenvalue weighted by atomic mass is 10.1. The molecule has 1 aliphatic rings. The van der Waals surface area contributed by atoms with Gasteiger partial charge in [-0.2, -0.15) is 0 Å². The second kappa shape index (κ2) is 7.26. The molecule has 8 heteroatoms. The highest BCUT2D eigenvalue weighted by atomic mass is 32.2. The van der Waals surface area contributed by atoms with E-state index in [9.17, 15) is 12.8 Å². The summed E-state index contributed by atoms with van der Waals surface area (Å²) in [4.78, 5) is -0.444. The smallest absolute Gasteiger partial charge is 0.243 e. The van der Waals surface area contributed by atoms with E-state index in [0.29, 0.717) is 0 Å². The van der Waals surface area contributed by atoms with E-state index in [0.717, 1.165) is 37.9 Å². The molecule has 0 bridgehead atoms. The Bertz CT molecular complexity index is 616. The summed E-state index contributed by atoms with van der Waals surface area (Å²) in [6.45, 7) is 1.10. The van der Waals surface area contributed by atoms with Crippen LogP contribution in [0.4, 0.5) is 4.39 Å². The molecule has 1 atom stereocenters. The van der Waals surface area contributed by atoms with Gasteiger partial charge in [0.15, 0.2) is 11.5 Å². The van der Waals surface area contributed by atoms with Gasteiger partial charge in [0.05, 0.1) is 14.2 Å². The zero-order valence-corrected chi connectivity index (χ0v) is 13.5. The standard InChI is InChI=1S/C14H21FN2O4S/c1-20-12-7-11(15)14(8-13(12)21-2)22(18,19)17-9-10-5-3-4-6-16-10/h7-8,10,16-17H,3-6,9H2,1-2H3/t10-/m0/s1. The molecule has 0 radical (unpaired) electrons. The SMILES string of the molecule is COc1cc(F)c(S(=O)(=O)NC[C@@H]2CCCCN2)cc1OC. The average molecular weight is 332 g/mol. The number of rotatable bonds is 6. The van der Waals surface area contributed by atoms with Crippen molar-refractivity contribution in [3.05, 3.63) is 17.9 Å². The van der Waals surface area contributed by atoms with E-state index in [-0.39, 0.29) is 24.1 Å². The molecule has 1 fully saturated rings. The van der Waals surface area contributed by atoms with Crippen LogP contribution in [0.3, 0.4) is 0 Å². The van der Waals surface area contributed by atoms with E-state index in [4.69, 9.17) is 9.47 Å². The fraction of sp³-hybridized carbons (Fsp3) is 0.571. The molecule has 0 saturated carbocycles. The highest BCUT2D eigenvalue weighted by molar-refractivity contribution is 7.89. The molecule has 2 rings (SSSR count). The van der Waals surface area contributed by atoms with E-state index in [2.05, 4.69) is 10.0 Å². The monoisotopic (exact) mass is 332 g/mol. The van der Waals surface area contributed by atoms with E-state index >= 15 is 0 Å². The Morgan fingerprint density at radius 3 is 2.55 bits per heavy atom. The number of benzene rings is 1. The molecule has 0 aromatic heterocycles. The van der Waals surface area contributed by atoms with Crippen LogP contribution < -0.4 is 19.5 Å². The van der Waals surface area contributed by atoms with Gasteiger partial charge in [0.2, 0.25) is 10.0 Å². The summed E-state index contributed by atoms with van der Waals surface area (Å²) in [6.07, 6.45) is 3.05. The van der Waals surface area contributed by atoms with Crippen LogP contribution in [0.2, 0.25) is 0 Å². The first-order valence-electron chi connectivity index (χ1n) is 7.12. The van der Waals surface area contributed by atoms with Crippen molar-refractivity contribution < 1.29 is 22.3 Å². The second-order valence-electron chi connectivity index (χ2n) is 5.14. The number of hydrogen-bond donors (Lipinski definition) is 2. The van der Waals surface area contributed by atoms with Crippen LogP contribution in [0.5, 0.6) is 11.5 Å². The van der Waals surface area contributed by atoms with Gasteiger partial charge in [-0.25, -0.2) is 17.5 Å². The summed E-state index contributed by atoms with van der Waals surface area (Å²) in [5, 5.41) is 3.23. The maximum atomic E-state index is 14.0. The van der Waals surface area contributed by atoms with E-state index in [1.807, 2.05) is 0 Å². The Hall–Kier alpha value is -1.38. The zero-order valence-electron chi connectivity index (χ0n) is 12.7. The highest BCUT2D eigenvalue weighted by Crippen LogP contribution is 2.31. The van der Waals surface area contributed by atoms with Crippen molar-refractivity contribution in [2.45, 2.75) is 30.2 Å². The largest absolute Gasteiger partial charge is 0.493 e. The summed E-state index contributed by atoms with van der Waals surface area (Å²) in [5.74, 6) is -0.560. The first kappa shape index (κ1) is 17.0. The number of nitrogens with one attached hydrogen (secondary N) is 2. The van der Waals surface area contributed by atoms with E-state index in [1.54, 1.807) is 0 Å². The van der Waals surface area contributed by atoms with Crippen LogP contribution in [-0.2, 0) is 10.0 Å². The Kier molecular flexibility index (Phi) is 5.60. The molecule has 0 spiro atoms. The number of piperidine rings is 1. The van der Waals surface area contributed by atoms with Gasteiger partial charge in [0.1, 0.15) is 10.7 Å². The summed E-state index contributed by atoms with van der Waals surface area (Å²) in [5.41, 5.74) is 0. The topological polar surface area (TPSA) is 76.7 Å². The van der Waals surface area contributed by atoms with Crippen molar-refractivity contribution in [3.8, 4) is 11.5 Å². The van der Waals surface area contributed by atoms with Gasteiger partial charge < -0.3 is 14.8 Å². The van der Waals surface area contributed by atoms with Gasteiger partial charge in [-0.1, -0.05) is 6.42 Å². The van der Waals surface area contributed by atoms with Crippen molar-refractivity contribution in [2.75, 3.05) is 27.3 Å². The van der Waals surface area contributed by atoms with E-state index < -0.39 is 20.7 Å². The normalized spacial score (nSPS) is 19.0. The number of sulfonamides is 1. The lowest BCUT2D eigenvalue weighted by Gasteiger charge is -2.23. The minimum absolute atomic E-state index is 0.0757. The third kappa shape index (κ3) is 3.88. The minimum atomic E-state index is -3.95. The Balaban J connectivity index is 2.17. The molecular weight excluding hydrogens is 311 g/mol. The third-order valence-electron chi connectivity index (χ3n) is 3.66. The highest BCUT2D eigenvalue weighted by Gasteiger charge is 2.24. The second-order valence-corrected chi connectivity index (χ2v) is 6.87. The fourth-order valence-electron chi connectivity index (χ4n) is 2.43. The van der Waals surface area contributed by atoms with Gasteiger partial charge >= 0.3 is 0 Å². The molecule has 1 aliphatic heterocycles. The van der Waals surface area contributed by atoms with Gasteiger partial charge in [-0.15, -0.1) is 0 Å². The summed E-state index contributed by atoms with van der Waals surface area (Å²) in [7, 11) is -1.22. The molecule has 0 unspecified atom stereocenters. The molecule has 1 aromatic carbocycles. The number of halogens is 1. The van der Waals surface area contributed by atoms with Gasteiger partial charge in [0, 0.05) is 24.7 Å². The molecule has 22 heavy (non-hydrogen) atoms. The van der Waals surface area contributed by atoms with Crippen molar-refractivity contribution in [3.63, 3.8) is 0 Å². The Labute approximate surface area is 130 Å². The van der Waals surface area contributed by atoms with Crippen LogP contribution in [-0.4, -0.2) is 41.8 Å². The molecule has 0 amide bonds. The first-order valence-corrected chi connectivity index (χ1v) is 8.61. The molecule has 2 N–H and O–H groups in total. The van der Waals surface area contributed by atoms with Crippen LogP contribution >= 0.6 is 0 Å². The minimum Gasteiger partial charge on any atom is -0.493 e. The van der Waals surface area contributed by atoms with Gasteiger partial charge in [-0.05, 0) is 19.4 Å². The predicted molar refractivity (Wildman–Crippen MR) is 80.3 cm³/mol. The average Bonchev–Trinajstić information content (AvgIpc) is 2.53. The van der Waals surface area contributed by atoms with Crippen LogP contribution in [0.25, 0.3) is 0 Å². The zero-order chi connectivity index (χ0) is 16.2. The van der Waals surface area contributed by atoms with Crippen LogP contribution in [0.15, 0.2) is 17.0 Å².